The van der Waals surface area contributed by atoms with Gasteiger partial charge in [0.15, 0.2) is 0 Å². The van der Waals surface area contributed by atoms with Crippen molar-refractivity contribution in [2.45, 2.75) is 43.3 Å². The van der Waals surface area contributed by atoms with Crippen LogP contribution in [0.2, 0.25) is 0 Å². The highest BCUT2D eigenvalue weighted by Crippen LogP contribution is 2.54. The Morgan fingerprint density at radius 3 is 2.38 bits per heavy atom. The van der Waals surface area contributed by atoms with E-state index in [4.69, 9.17) is 10.7 Å². The quantitative estimate of drug-likeness (QED) is 0.577. The molecular formula is C12H17ClO2S. The van der Waals surface area contributed by atoms with Crippen LogP contribution in [0.4, 0.5) is 0 Å². The molecule has 3 unspecified atom stereocenters. The lowest BCUT2D eigenvalue weighted by Gasteiger charge is -2.39. The zero-order valence-corrected chi connectivity index (χ0v) is 10.8. The molecule has 0 aromatic rings. The van der Waals surface area contributed by atoms with Crippen LogP contribution >= 0.6 is 10.7 Å². The van der Waals surface area contributed by atoms with Gasteiger partial charge in [-0.15, -0.1) is 0 Å². The van der Waals surface area contributed by atoms with Crippen molar-refractivity contribution < 1.29 is 8.42 Å². The van der Waals surface area contributed by atoms with E-state index < -0.39 is 13.8 Å². The van der Waals surface area contributed by atoms with Gasteiger partial charge < -0.3 is 0 Å². The van der Waals surface area contributed by atoms with Gasteiger partial charge in [0.05, 0.1) is 4.75 Å². The van der Waals surface area contributed by atoms with Crippen molar-refractivity contribution in [2.75, 3.05) is 0 Å². The fourth-order valence-electron chi connectivity index (χ4n) is 3.45. The Hall–Kier alpha value is -0.0200. The third kappa shape index (κ3) is 1.72. The van der Waals surface area contributed by atoms with Gasteiger partial charge >= 0.3 is 0 Å². The molecule has 0 heterocycles. The summed E-state index contributed by atoms with van der Waals surface area (Å²) in [4.78, 5) is 0. The molecule has 0 spiro atoms. The van der Waals surface area contributed by atoms with Crippen molar-refractivity contribution in [3.05, 3.63) is 12.2 Å². The van der Waals surface area contributed by atoms with E-state index in [1.54, 1.807) is 0 Å². The maximum absolute atomic E-state index is 11.5. The summed E-state index contributed by atoms with van der Waals surface area (Å²) in [5, 5.41) is 0. The van der Waals surface area contributed by atoms with Crippen LogP contribution in [0, 0.1) is 17.8 Å². The number of rotatable bonds is 3. The van der Waals surface area contributed by atoms with Crippen LogP contribution in [0.1, 0.15) is 38.5 Å². The predicted octanol–water partition coefficient (Wildman–Crippen LogP) is 3.08. The highest BCUT2D eigenvalue weighted by Gasteiger charge is 2.55. The van der Waals surface area contributed by atoms with Gasteiger partial charge in [0.2, 0.25) is 9.05 Å². The molecule has 0 radical (unpaired) electrons. The Kier molecular flexibility index (Phi) is 2.42. The first-order valence-corrected chi connectivity index (χ1v) is 8.44. The van der Waals surface area contributed by atoms with Crippen LogP contribution in [0.3, 0.4) is 0 Å². The summed E-state index contributed by atoms with van der Waals surface area (Å²) in [6, 6.07) is 0. The lowest BCUT2D eigenvalue weighted by molar-refractivity contribution is 0.205. The van der Waals surface area contributed by atoms with E-state index in [0.717, 1.165) is 19.3 Å². The van der Waals surface area contributed by atoms with Crippen LogP contribution in [0.25, 0.3) is 0 Å². The fourth-order valence-corrected chi connectivity index (χ4v) is 5.11. The Morgan fingerprint density at radius 1 is 1.25 bits per heavy atom. The third-order valence-electron chi connectivity index (χ3n) is 4.67. The monoisotopic (exact) mass is 260 g/mol. The largest absolute Gasteiger partial charge is 0.238 e. The minimum absolute atomic E-state index is 0.551. The topological polar surface area (TPSA) is 34.1 Å². The molecule has 2 nitrogen and oxygen atoms in total. The molecule has 0 N–H and O–H groups in total. The zero-order valence-electron chi connectivity index (χ0n) is 9.23. The Morgan fingerprint density at radius 2 is 2.00 bits per heavy atom. The minimum Gasteiger partial charge on any atom is -0.212 e. The summed E-state index contributed by atoms with van der Waals surface area (Å²) in [6.45, 7) is 0. The van der Waals surface area contributed by atoms with Crippen molar-refractivity contribution in [3.8, 4) is 0 Å². The molecule has 4 rings (SSSR count). The SMILES string of the molecule is O=S(=O)(Cl)C1(CC2CC3C=CC2CC3)CC1. The summed E-state index contributed by atoms with van der Waals surface area (Å²) >= 11 is 0. The van der Waals surface area contributed by atoms with Crippen LogP contribution in [0.15, 0.2) is 12.2 Å². The molecule has 3 atom stereocenters. The Labute approximate surface area is 101 Å². The Bertz CT molecular complexity index is 422. The highest BCUT2D eigenvalue weighted by atomic mass is 35.7. The molecule has 0 aromatic carbocycles. The van der Waals surface area contributed by atoms with E-state index in [2.05, 4.69) is 12.2 Å². The summed E-state index contributed by atoms with van der Waals surface area (Å²) in [5.74, 6) is 1.87. The first kappa shape index (κ1) is 11.1. The van der Waals surface area contributed by atoms with Gasteiger partial charge in [-0.2, -0.15) is 0 Å². The van der Waals surface area contributed by atoms with E-state index in [9.17, 15) is 8.42 Å². The number of halogens is 1. The van der Waals surface area contributed by atoms with E-state index in [0.29, 0.717) is 17.8 Å². The van der Waals surface area contributed by atoms with Gasteiger partial charge in [-0.3, -0.25) is 0 Å². The summed E-state index contributed by atoms with van der Waals surface area (Å²) in [6.07, 6.45) is 10.7. The van der Waals surface area contributed by atoms with E-state index in [1.807, 2.05) is 0 Å². The molecule has 0 saturated heterocycles. The Balaban J connectivity index is 1.75. The van der Waals surface area contributed by atoms with Gasteiger partial charge in [-0.05, 0) is 56.3 Å². The van der Waals surface area contributed by atoms with Crippen LogP contribution in [-0.2, 0) is 9.05 Å². The van der Waals surface area contributed by atoms with Crippen molar-refractivity contribution in [2.24, 2.45) is 17.8 Å². The van der Waals surface area contributed by atoms with Crippen molar-refractivity contribution >= 4 is 19.7 Å². The maximum Gasteiger partial charge on any atom is 0.238 e. The maximum atomic E-state index is 11.5. The zero-order chi connectivity index (χ0) is 11.4. The smallest absolute Gasteiger partial charge is 0.212 e. The van der Waals surface area contributed by atoms with E-state index in [1.165, 1.54) is 19.3 Å². The second kappa shape index (κ2) is 3.49. The highest BCUT2D eigenvalue weighted by molar-refractivity contribution is 8.15. The number of allylic oxidation sites excluding steroid dienone is 2. The second-order valence-corrected chi connectivity index (χ2v) is 8.67. The molecule has 4 aliphatic carbocycles. The normalized spacial score (nSPS) is 39.9. The van der Waals surface area contributed by atoms with E-state index in [-0.39, 0.29) is 0 Å². The first-order valence-electron chi connectivity index (χ1n) is 6.13. The molecule has 4 heteroatoms. The summed E-state index contributed by atoms with van der Waals surface area (Å²) in [7, 11) is 2.20. The van der Waals surface area contributed by atoms with Crippen molar-refractivity contribution in [3.63, 3.8) is 0 Å². The number of hydrogen-bond acceptors (Lipinski definition) is 2. The first-order chi connectivity index (χ1) is 7.50. The molecule has 0 aromatic heterocycles. The molecule has 2 fully saturated rings. The molecule has 90 valence electrons. The van der Waals surface area contributed by atoms with Crippen molar-refractivity contribution in [1.29, 1.82) is 0 Å². The van der Waals surface area contributed by atoms with Gasteiger partial charge in [0, 0.05) is 10.7 Å². The van der Waals surface area contributed by atoms with Crippen molar-refractivity contribution in [1.82, 2.24) is 0 Å². The molecular weight excluding hydrogens is 244 g/mol. The molecule has 0 aliphatic heterocycles. The fraction of sp³-hybridized carbons (Fsp3) is 0.833. The molecule has 0 amide bonds. The second-order valence-electron chi connectivity index (χ2n) is 5.71. The van der Waals surface area contributed by atoms with E-state index >= 15 is 0 Å². The van der Waals surface area contributed by atoms with Crippen LogP contribution in [-0.4, -0.2) is 13.2 Å². The molecule has 2 saturated carbocycles. The third-order valence-corrected chi connectivity index (χ3v) is 7.26. The average Bonchev–Trinajstić information content (AvgIpc) is 3.00. The van der Waals surface area contributed by atoms with Gasteiger partial charge in [-0.1, -0.05) is 12.2 Å². The lowest BCUT2D eigenvalue weighted by Crippen LogP contribution is -2.32. The van der Waals surface area contributed by atoms with Crippen LogP contribution in [0.5, 0.6) is 0 Å². The minimum atomic E-state index is -3.36. The average molecular weight is 261 g/mol. The lowest BCUT2D eigenvalue weighted by atomic mass is 9.67. The molecule has 4 aliphatic rings. The summed E-state index contributed by atoms with van der Waals surface area (Å²) in [5.41, 5.74) is 0. The van der Waals surface area contributed by atoms with Gasteiger partial charge in [0.1, 0.15) is 0 Å². The van der Waals surface area contributed by atoms with Gasteiger partial charge in [-0.25, -0.2) is 8.42 Å². The molecule has 16 heavy (non-hydrogen) atoms. The standard InChI is InChI=1S/C12H17ClO2S/c13-16(14,15)12(5-6-12)8-11-7-9-1-3-10(11)4-2-9/h1,3,9-11H,2,4-8H2. The summed E-state index contributed by atoms with van der Waals surface area (Å²) < 4.78 is 22.5. The predicted molar refractivity (Wildman–Crippen MR) is 64.8 cm³/mol. The van der Waals surface area contributed by atoms with Crippen LogP contribution < -0.4 is 0 Å². The number of hydrogen-bond donors (Lipinski definition) is 0. The van der Waals surface area contributed by atoms with Gasteiger partial charge in [0.25, 0.3) is 0 Å². The number of fused-ring (bicyclic) bond motifs is 2. The molecule has 2 bridgehead atoms.